The van der Waals surface area contributed by atoms with E-state index in [-0.39, 0.29) is 12.0 Å². The van der Waals surface area contributed by atoms with Gasteiger partial charge in [-0.15, -0.1) is 0 Å². The van der Waals surface area contributed by atoms with Crippen LogP contribution < -0.4 is 5.32 Å². The summed E-state index contributed by atoms with van der Waals surface area (Å²) < 4.78 is 0. The zero-order chi connectivity index (χ0) is 11.7. The molecule has 0 aliphatic carbocycles. The highest BCUT2D eigenvalue weighted by Gasteiger charge is 2.15. The zero-order valence-corrected chi connectivity index (χ0v) is 10.2. The molecule has 0 aromatic heterocycles. The summed E-state index contributed by atoms with van der Waals surface area (Å²) >= 11 is 0. The second kappa shape index (κ2) is 7.67. The molecular formula is C12H24N2O. The smallest absolute Gasteiger partial charge is 0.0683 e. The first-order valence-electron chi connectivity index (χ1n) is 5.74. The van der Waals surface area contributed by atoms with Gasteiger partial charge in [-0.25, -0.2) is 0 Å². The molecule has 2 N–H and O–H groups in total. The molecule has 3 heteroatoms. The molecule has 0 spiro atoms. The lowest BCUT2D eigenvalue weighted by Gasteiger charge is -2.14. The van der Waals surface area contributed by atoms with Crippen molar-refractivity contribution in [1.29, 1.82) is 5.26 Å². The zero-order valence-electron chi connectivity index (χ0n) is 10.2. The highest BCUT2D eigenvalue weighted by molar-refractivity contribution is 4.91. The molecule has 0 heterocycles. The van der Waals surface area contributed by atoms with Crippen LogP contribution in [0.1, 0.15) is 40.0 Å². The monoisotopic (exact) mass is 212 g/mol. The molecule has 88 valence electrons. The van der Waals surface area contributed by atoms with Gasteiger partial charge in [0, 0.05) is 6.61 Å². The fourth-order valence-corrected chi connectivity index (χ4v) is 1.29. The van der Waals surface area contributed by atoms with Crippen LogP contribution in [-0.4, -0.2) is 24.8 Å². The number of aliphatic hydroxyl groups is 1. The first kappa shape index (κ1) is 14.4. The lowest BCUT2D eigenvalue weighted by Crippen LogP contribution is -2.24. The van der Waals surface area contributed by atoms with E-state index < -0.39 is 0 Å². The van der Waals surface area contributed by atoms with Crippen molar-refractivity contribution in [3.05, 3.63) is 0 Å². The maximum Gasteiger partial charge on any atom is 0.0683 e. The number of nitrogens with zero attached hydrogens (tertiary/aromatic N) is 1. The SMILES string of the molecule is CC(CO)CNCCCCC(C)(C)C#N. The van der Waals surface area contributed by atoms with Crippen molar-refractivity contribution in [2.75, 3.05) is 19.7 Å². The molecule has 3 nitrogen and oxygen atoms in total. The van der Waals surface area contributed by atoms with Crippen molar-refractivity contribution in [2.24, 2.45) is 11.3 Å². The number of unbranched alkanes of at least 4 members (excludes halogenated alkanes) is 1. The standard InChI is InChI=1S/C12H24N2O/c1-11(9-15)8-14-7-5-4-6-12(2,3)10-13/h11,14-15H,4-9H2,1-3H3. The fourth-order valence-electron chi connectivity index (χ4n) is 1.29. The van der Waals surface area contributed by atoms with Gasteiger partial charge in [-0.3, -0.25) is 0 Å². The summed E-state index contributed by atoms with van der Waals surface area (Å²) in [6.45, 7) is 8.08. The van der Waals surface area contributed by atoms with Crippen LogP contribution in [0.3, 0.4) is 0 Å². The van der Waals surface area contributed by atoms with Gasteiger partial charge in [0.2, 0.25) is 0 Å². The fraction of sp³-hybridized carbons (Fsp3) is 0.917. The summed E-state index contributed by atoms with van der Waals surface area (Å²) in [6.07, 6.45) is 3.14. The molecule has 0 aromatic carbocycles. The third-order valence-electron chi connectivity index (χ3n) is 2.51. The molecule has 0 aliphatic heterocycles. The number of nitrogens with one attached hydrogen (secondary N) is 1. The second-order valence-corrected chi connectivity index (χ2v) is 4.94. The van der Waals surface area contributed by atoms with E-state index in [0.717, 1.165) is 32.4 Å². The highest BCUT2D eigenvalue weighted by Crippen LogP contribution is 2.21. The summed E-state index contributed by atoms with van der Waals surface area (Å²) in [5, 5.41) is 20.9. The average Bonchev–Trinajstić information content (AvgIpc) is 2.22. The summed E-state index contributed by atoms with van der Waals surface area (Å²) in [5.41, 5.74) is -0.182. The quantitative estimate of drug-likeness (QED) is 0.604. The molecule has 1 unspecified atom stereocenters. The Balaban J connectivity index is 3.30. The van der Waals surface area contributed by atoms with Crippen molar-refractivity contribution < 1.29 is 5.11 Å². The number of hydrogen-bond acceptors (Lipinski definition) is 3. The summed E-state index contributed by atoms with van der Waals surface area (Å²) in [7, 11) is 0. The van der Waals surface area contributed by atoms with Crippen molar-refractivity contribution >= 4 is 0 Å². The Morgan fingerprint density at radius 2 is 2.07 bits per heavy atom. The largest absolute Gasteiger partial charge is 0.396 e. The van der Waals surface area contributed by atoms with Crippen molar-refractivity contribution in [2.45, 2.75) is 40.0 Å². The molecule has 0 saturated heterocycles. The van der Waals surface area contributed by atoms with Gasteiger partial charge in [-0.1, -0.05) is 13.3 Å². The van der Waals surface area contributed by atoms with Gasteiger partial charge in [0.1, 0.15) is 0 Å². The maximum absolute atomic E-state index is 8.81. The van der Waals surface area contributed by atoms with Crippen molar-refractivity contribution in [3.63, 3.8) is 0 Å². The molecule has 0 fully saturated rings. The van der Waals surface area contributed by atoms with Crippen LogP contribution in [0, 0.1) is 22.7 Å². The van der Waals surface area contributed by atoms with Crippen molar-refractivity contribution in [3.8, 4) is 6.07 Å². The Morgan fingerprint density at radius 1 is 1.40 bits per heavy atom. The van der Waals surface area contributed by atoms with Crippen molar-refractivity contribution in [1.82, 2.24) is 5.32 Å². The van der Waals surface area contributed by atoms with E-state index in [1.54, 1.807) is 0 Å². The lowest BCUT2D eigenvalue weighted by atomic mass is 9.89. The Bertz CT molecular complexity index is 196. The van der Waals surface area contributed by atoms with E-state index in [1.165, 1.54) is 0 Å². The predicted molar refractivity (Wildman–Crippen MR) is 62.4 cm³/mol. The summed E-state index contributed by atoms with van der Waals surface area (Å²) in [6, 6.07) is 2.31. The van der Waals surface area contributed by atoms with Crippen LogP contribution in [0.2, 0.25) is 0 Å². The third kappa shape index (κ3) is 8.41. The maximum atomic E-state index is 8.81. The number of aliphatic hydroxyl groups excluding tert-OH is 1. The molecule has 15 heavy (non-hydrogen) atoms. The predicted octanol–water partition coefficient (Wildman–Crippen LogP) is 1.92. The Morgan fingerprint density at radius 3 is 2.60 bits per heavy atom. The van der Waals surface area contributed by atoms with E-state index >= 15 is 0 Å². The molecule has 1 atom stereocenters. The van der Waals surface area contributed by atoms with Crippen LogP contribution in [0.15, 0.2) is 0 Å². The van der Waals surface area contributed by atoms with Crippen LogP contribution in [0.25, 0.3) is 0 Å². The molecule has 0 aromatic rings. The van der Waals surface area contributed by atoms with E-state index in [1.807, 2.05) is 20.8 Å². The Kier molecular flexibility index (Phi) is 7.37. The van der Waals surface area contributed by atoms with Gasteiger partial charge < -0.3 is 10.4 Å². The van der Waals surface area contributed by atoms with E-state index in [2.05, 4.69) is 11.4 Å². The number of hydrogen-bond donors (Lipinski definition) is 2. The third-order valence-corrected chi connectivity index (χ3v) is 2.51. The van der Waals surface area contributed by atoms with Gasteiger partial charge >= 0.3 is 0 Å². The molecule has 0 saturated carbocycles. The van der Waals surface area contributed by atoms with Crippen LogP contribution in [-0.2, 0) is 0 Å². The topological polar surface area (TPSA) is 56.0 Å². The molecule has 0 rings (SSSR count). The first-order valence-corrected chi connectivity index (χ1v) is 5.74. The van der Waals surface area contributed by atoms with Crippen LogP contribution in [0.5, 0.6) is 0 Å². The minimum absolute atomic E-state index is 0.182. The molecule has 0 radical (unpaired) electrons. The Hall–Kier alpha value is -0.590. The van der Waals surface area contributed by atoms with Gasteiger partial charge in [0.05, 0.1) is 11.5 Å². The lowest BCUT2D eigenvalue weighted by molar-refractivity contribution is 0.233. The van der Waals surface area contributed by atoms with Crippen LogP contribution in [0.4, 0.5) is 0 Å². The molecule has 0 aliphatic rings. The van der Waals surface area contributed by atoms with Gasteiger partial charge in [-0.2, -0.15) is 5.26 Å². The first-order chi connectivity index (χ1) is 7.02. The number of nitriles is 1. The number of rotatable bonds is 8. The van der Waals surface area contributed by atoms with E-state index in [9.17, 15) is 0 Å². The van der Waals surface area contributed by atoms with Gasteiger partial charge in [0.25, 0.3) is 0 Å². The van der Waals surface area contributed by atoms with Crippen LogP contribution >= 0.6 is 0 Å². The minimum atomic E-state index is -0.182. The summed E-state index contributed by atoms with van der Waals surface area (Å²) in [4.78, 5) is 0. The normalized spacial score (nSPS) is 13.5. The highest BCUT2D eigenvalue weighted by atomic mass is 16.3. The molecule has 0 bridgehead atoms. The van der Waals surface area contributed by atoms with Gasteiger partial charge in [0.15, 0.2) is 0 Å². The second-order valence-electron chi connectivity index (χ2n) is 4.94. The van der Waals surface area contributed by atoms with E-state index in [4.69, 9.17) is 10.4 Å². The molecule has 0 amide bonds. The average molecular weight is 212 g/mol. The summed E-state index contributed by atoms with van der Waals surface area (Å²) in [5.74, 6) is 0.334. The molecular weight excluding hydrogens is 188 g/mol. The Labute approximate surface area is 93.5 Å². The van der Waals surface area contributed by atoms with Gasteiger partial charge in [-0.05, 0) is 45.7 Å². The minimum Gasteiger partial charge on any atom is -0.396 e. The van der Waals surface area contributed by atoms with E-state index in [0.29, 0.717) is 5.92 Å².